The lowest BCUT2D eigenvalue weighted by atomic mass is 10.1. The van der Waals surface area contributed by atoms with Gasteiger partial charge in [-0.25, -0.2) is 4.98 Å². The van der Waals surface area contributed by atoms with E-state index in [1.165, 1.54) is 38.8 Å². The van der Waals surface area contributed by atoms with Crippen LogP contribution in [0.2, 0.25) is 0 Å². The van der Waals surface area contributed by atoms with E-state index in [-0.39, 0.29) is 5.84 Å². The monoisotopic (exact) mass is 273 g/mol. The van der Waals surface area contributed by atoms with Crippen molar-refractivity contribution in [3.63, 3.8) is 0 Å². The third kappa shape index (κ3) is 2.77. The van der Waals surface area contributed by atoms with Gasteiger partial charge >= 0.3 is 0 Å². The number of nitrogens with two attached hydrogens (primary N) is 1. The van der Waals surface area contributed by atoms with Gasteiger partial charge in [-0.05, 0) is 44.5 Å². The van der Waals surface area contributed by atoms with Crippen molar-refractivity contribution in [2.75, 3.05) is 31.1 Å². The maximum absolute atomic E-state index is 7.53. The van der Waals surface area contributed by atoms with Gasteiger partial charge in [0.15, 0.2) is 0 Å². The van der Waals surface area contributed by atoms with Crippen molar-refractivity contribution in [2.24, 2.45) is 5.73 Å². The van der Waals surface area contributed by atoms with Gasteiger partial charge in [-0.15, -0.1) is 0 Å². The number of nitrogens with one attached hydrogen (secondary N) is 1. The summed E-state index contributed by atoms with van der Waals surface area (Å²) in [6, 6.07) is 4.39. The number of piperidine rings is 1. The smallest absolute Gasteiger partial charge is 0.129 e. The van der Waals surface area contributed by atoms with Crippen molar-refractivity contribution in [3.8, 4) is 0 Å². The summed E-state index contributed by atoms with van der Waals surface area (Å²) in [4.78, 5) is 9.40. The minimum absolute atomic E-state index is 0.112. The van der Waals surface area contributed by atoms with Crippen LogP contribution in [-0.4, -0.2) is 47.9 Å². The lowest BCUT2D eigenvalue weighted by Gasteiger charge is -2.32. The molecule has 0 aliphatic carbocycles. The summed E-state index contributed by atoms with van der Waals surface area (Å²) in [5.41, 5.74) is 6.31. The van der Waals surface area contributed by atoms with Gasteiger partial charge in [0.05, 0.1) is 0 Å². The van der Waals surface area contributed by atoms with Crippen LogP contribution in [0, 0.1) is 5.41 Å². The van der Waals surface area contributed by atoms with Crippen molar-refractivity contribution >= 4 is 11.7 Å². The molecule has 1 aromatic rings. The van der Waals surface area contributed by atoms with Crippen LogP contribution in [0.4, 0.5) is 5.82 Å². The predicted octanol–water partition coefficient (Wildman–Crippen LogP) is 1.43. The Morgan fingerprint density at radius 1 is 1.25 bits per heavy atom. The largest absolute Gasteiger partial charge is 0.384 e. The number of nitrogen functional groups attached to an aromatic ring is 1. The van der Waals surface area contributed by atoms with E-state index in [4.69, 9.17) is 11.1 Å². The summed E-state index contributed by atoms with van der Waals surface area (Å²) in [7, 11) is 0. The fourth-order valence-electron chi connectivity index (χ4n) is 3.29. The zero-order valence-corrected chi connectivity index (χ0v) is 11.9. The van der Waals surface area contributed by atoms with E-state index in [0.29, 0.717) is 6.04 Å². The molecule has 0 amide bonds. The van der Waals surface area contributed by atoms with Crippen LogP contribution in [0.15, 0.2) is 18.3 Å². The molecule has 2 fully saturated rings. The minimum atomic E-state index is 0.112. The topological polar surface area (TPSA) is 69.2 Å². The molecule has 3 N–H and O–H groups in total. The first-order valence-corrected chi connectivity index (χ1v) is 7.53. The van der Waals surface area contributed by atoms with E-state index in [9.17, 15) is 0 Å². The molecule has 0 bridgehead atoms. The average Bonchev–Trinajstić information content (AvgIpc) is 2.98. The first-order valence-electron chi connectivity index (χ1n) is 7.53. The summed E-state index contributed by atoms with van der Waals surface area (Å²) in [6.07, 6.45) is 7.03. The molecular weight excluding hydrogens is 250 g/mol. The molecule has 0 radical (unpaired) electrons. The lowest BCUT2D eigenvalue weighted by Crippen LogP contribution is -2.41. The normalized spacial score (nSPS) is 24.0. The van der Waals surface area contributed by atoms with Crippen molar-refractivity contribution < 1.29 is 0 Å². The van der Waals surface area contributed by atoms with E-state index >= 15 is 0 Å². The number of nitrogens with zero attached hydrogens (tertiary/aromatic N) is 3. The number of pyridine rings is 1. The number of rotatable bonds is 3. The standard InChI is InChI=1S/C15H23N5/c16-15(17)12-4-6-18-14(10-12)20-9-5-13(11-20)19-7-2-1-3-8-19/h4,6,10,13H,1-3,5,7-9,11H2,(H3,16,17). The van der Waals surface area contributed by atoms with Crippen LogP contribution in [0.1, 0.15) is 31.2 Å². The van der Waals surface area contributed by atoms with Crippen molar-refractivity contribution in [1.29, 1.82) is 5.41 Å². The quantitative estimate of drug-likeness (QED) is 0.646. The number of hydrogen-bond acceptors (Lipinski definition) is 4. The number of aromatic nitrogens is 1. The van der Waals surface area contributed by atoms with Crippen molar-refractivity contribution in [2.45, 2.75) is 31.7 Å². The SMILES string of the molecule is N=C(N)c1ccnc(N2CCC(N3CCCCC3)C2)c1. The second-order valence-electron chi connectivity index (χ2n) is 5.80. The molecule has 2 saturated heterocycles. The predicted molar refractivity (Wildman–Crippen MR) is 81.3 cm³/mol. The maximum Gasteiger partial charge on any atom is 0.129 e. The Kier molecular flexibility index (Phi) is 3.87. The van der Waals surface area contributed by atoms with Gasteiger partial charge < -0.3 is 10.6 Å². The third-order valence-electron chi connectivity index (χ3n) is 4.45. The first kappa shape index (κ1) is 13.4. The van der Waals surface area contributed by atoms with Crippen LogP contribution >= 0.6 is 0 Å². The number of likely N-dealkylation sites (tertiary alicyclic amines) is 1. The first-order chi connectivity index (χ1) is 9.74. The van der Waals surface area contributed by atoms with E-state index < -0.39 is 0 Å². The molecule has 2 aliphatic rings. The molecule has 3 heterocycles. The summed E-state index contributed by atoms with van der Waals surface area (Å²) < 4.78 is 0. The van der Waals surface area contributed by atoms with Gasteiger partial charge in [-0.2, -0.15) is 0 Å². The van der Waals surface area contributed by atoms with Gasteiger partial charge in [-0.3, -0.25) is 10.3 Å². The highest BCUT2D eigenvalue weighted by Crippen LogP contribution is 2.24. The fourth-order valence-corrected chi connectivity index (χ4v) is 3.29. The van der Waals surface area contributed by atoms with E-state index in [0.717, 1.165) is 24.5 Å². The lowest BCUT2D eigenvalue weighted by molar-refractivity contribution is 0.175. The molecule has 0 saturated carbocycles. The molecule has 1 atom stereocenters. The van der Waals surface area contributed by atoms with Gasteiger partial charge in [-0.1, -0.05) is 6.42 Å². The Morgan fingerprint density at radius 3 is 2.80 bits per heavy atom. The highest BCUT2D eigenvalue weighted by Gasteiger charge is 2.29. The molecule has 5 heteroatoms. The Morgan fingerprint density at radius 2 is 2.05 bits per heavy atom. The minimum Gasteiger partial charge on any atom is -0.384 e. The van der Waals surface area contributed by atoms with Crippen LogP contribution in [0.3, 0.4) is 0 Å². The van der Waals surface area contributed by atoms with E-state index in [2.05, 4.69) is 14.8 Å². The van der Waals surface area contributed by atoms with E-state index in [1.54, 1.807) is 12.3 Å². The number of amidine groups is 1. The Hall–Kier alpha value is -1.62. The van der Waals surface area contributed by atoms with Crippen molar-refractivity contribution in [1.82, 2.24) is 9.88 Å². The Balaban J connectivity index is 1.67. The van der Waals surface area contributed by atoms with Crippen LogP contribution < -0.4 is 10.6 Å². The highest BCUT2D eigenvalue weighted by atomic mass is 15.3. The average molecular weight is 273 g/mol. The van der Waals surface area contributed by atoms with Crippen LogP contribution in [0.25, 0.3) is 0 Å². The summed E-state index contributed by atoms with van der Waals surface area (Å²) in [5, 5.41) is 7.53. The number of anilines is 1. The zero-order valence-electron chi connectivity index (χ0n) is 11.9. The molecule has 1 aromatic heterocycles. The summed E-state index contributed by atoms with van der Waals surface area (Å²) in [5.74, 6) is 1.07. The van der Waals surface area contributed by atoms with Gasteiger partial charge in [0.1, 0.15) is 11.7 Å². The number of hydrogen-bond donors (Lipinski definition) is 2. The van der Waals surface area contributed by atoms with Gasteiger partial charge in [0, 0.05) is 30.9 Å². The van der Waals surface area contributed by atoms with Gasteiger partial charge in [0.25, 0.3) is 0 Å². The Labute approximate surface area is 120 Å². The Bertz CT molecular complexity index is 481. The van der Waals surface area contributed by atoms with Gasteiger partial charge in [0.2, 0.25) is 0 Å². The second kappa shape index (κ2) is 5.79. The highest BCUT2D eigenvalue weighted by molar-refractivity contribution is 5.95. The second-order valence-corrected chi connectivity index (χ2v) is 5.80. The summed E-state index contributed by atoms with van der Waals surface area (Å²) >= 11 is 0. The molecule has 0 spiro atoms. The molecule has 0 aromatic carbocycles. The molecule has 20 heavy (non-hydrogen) atoms. The maximum atomic E-state index is 7.53. The van der Waals surface area contributed by atoms with Crippen LogP contribution in [-0.2, 0) is 0 Å². The zero-order chi connectivity index (χ0) is 13.9. The van der Waals surface area contributed by atoms with E-state index in [1.807, 2.05) is 6.07 Å². The molecule has 5 nitrogen and oxygen atoms in total. The molecule has 1 unspecified atom stereocenters. The molecule has 108 valence electrons. The fraction of sp³-hybridized carbons (Fsp3) is 0.600. The third-order valence-corrected chi connectivity index (χ3v) is 4.45. The molecular formula is C15H23N5. The molecule has 2 aliphatic heterocycles. The molecule has 3 rings (SSSR count). The van der Waals surface area contributed by atoms with Crippen molar-refractivity contribution in [3.05, 3.63) is 23.9 Å². The van der Waals surface area contributed by atoms with Crippen LogP contribution in [0.5, 0.6) is 0 Å². The summed E-state index contributed by atoms with van der Waals surface area (Å²) in [6.45, 7) is 4.60.